The zero-order valence-electron chi connectivity index (χ0n) is 19.4. The van der Waals surface area contributed by atoms with Gasteiger partial charge in [-0.25, -0.2) is 9.97 Å². The molecule has 2 aromatic heterocycles. The first kappa shape index (κ1) is 24.1. The van der Waals surface area contributed by atoms with Gasteiger partial charge in [0.1, 0.15) is 12.1 Å². The zero-order chi connectivity index (χ0) is 23.3. The number of hydrogen-bond donors (Lipinski definition) is 1. The van der Waals surface area contributed by atoms with Crippen LogP contribution in [0.3, 0.4) is 0 Å². The van der Waals surface area contributed by atoms with E-state index in [9.17, 15) is 0 Å². The summed E-state index contributed by atoms with van der Waals surface area (Å²) in [4.78, 5) is 19.3. The Morgan fingerprint density at radius 3 is 2.76 bits per heavy atom. The molecule has 4 rings (SSSR count). The quantitative estimate of drug-likeness (QED) is 0.412. The van der Waals surface area contributed by atoms with Crippen LogP contribution in [0.25, 0.3) is 0 Å². The standard InChI is InChI=1S/C22H25N7O2.C2H6/c1-17-3-2-4-18(13-17)15-25-28-20-14-21(29-8-11-30-12-9-29)27-22(26-20)31-10-6-19-5-7-23-16-24-19;1-2/h2-5,7,13-16H,6,8-12H2,1H3,(H,26,27,28);1-2H3/b25-15+;. The molecular weight excluding hydrogens is 418 g/mol. The minimum absolute atomic E-state index is 0.298. The lowest BCUT2D eigenvalue weighted by molar-refractivity contribution is 0.122. The molecule has 33 heavy (non-hydrogen) atoms. The van der Waals surface area contributed by atoms with Crippen molar-refractivity contribution < 1.29 is 9.47 Å². The molecule has 0 aliphatic carbocycles. The Morgan fingerprint density at radius 2 is 2.00 bits per heavy atom. The van der Waals surface area contributed by atoms with Crippen LogP contribution in [0, 0.1) is 6.92 Å². The molecule has 1 aromatic carbocycles. The highest BCUT2D eigenvalue weighted by atomic mass is 16.5. The van der Waals surface area contributed by atoms with Crippen molar-refractivity contribution >= 4 is 17.9 Å². The van der Waals surface area contributed by atoms with E-state index in [1.165, 1.54) is 11.9 Å². The van der Waals surface area contributed by atoms with E-state index in [4.69, 9.17) is 9.47 Å². The number of hydrogen-bond acceptors (Lipinski definition) is 9. The topological polar surface area (TPSA) is 97.7 Å². The summed E-state index contributed by atoms with van der Waals surface area (Å²) in [6.07, 6.45) is 5.65. The van der Waals surface area contributed by atoms with Gasteiger partial charge in [-0.15, -0.1) is 0 Å². The van der Waals surface area contributed by atoms with Crippen LogP contribution in [-0.2, 0) is 11.2 Å². The highest BCUT2D eigenvalue weighted by Crippen LogP contribution is 2.20. The van der Waals surface area contributed by atoms with Gasteiger partial charge >= 0.3 is 6.01 Å². The average Bonchev–Trinajstić information content (AvgIpc) is 2.86. The molecule has 0 radical (unpaired) electrons. The summed E-state index contributed by atoms with van der Waals surface area (Å²) < 4.78 is 11.3. The number of nitrogens with one attached hydrogen (secondary N) is 1. The van der Waals surface area contributed by atoms with Gasteiger partial charge < -0.3 is 14.4 Å². The molecular formula is C24H31N7O2. The molecule has 9 nitrogen and oxygen atoms in total. The minimum atomic E-state index is 0.298. The summed E-state index contributed by atoms with van der Waals surface area (Å²) >= 11 is 0. The average molecular weight is 450 g/mol. The van der Waals surface area contributed by atoms with Crippen LogP contribution in [0.4, 0.5) is 11.6 Å². The van der Waals surface area contributed by atoms with Gasteiger partial charge in [0.2, 0.25) is 0 Å². The zero-order valence-corrected chi connectivity index (χ0v) is 19.4. The van der Waals surface area contributed by atoms with Crippen molar-refractivity contribution in [2.45, 2.75) is 27.2 Å². The molecule has 3 aromatic rings. The fraction of sp³-hybridized carbons (Fsp3) is 0.375. The maximum atomic E-state index is 5.83. The van der Waals surface area contributed by atoms with Crippen molar-refractivity contribution in [2.24, 2.45) is 5.10 Å². The van der Waals surface area contributed by atoms with Gasteiger partial charge in [0.15, 0.2) is 5.82 Å². The molecule has 1 aliphatic heterocycles. The predicted molar refractivity (Wildman–Crippen MR) is 130 cm³/mol. The van der Waals surface area contributed by atoms with Crippen LogP contribution in [0.1, 0.15) is 30.7 Å². The van der Waals surface area contributed by atoms with Gasteiger partial charge in [0.05, 0.1) is 26.0 Å². The molecule has 1 aliphatic rings. The van der Waals surface area contributed by atoms with Crippen LogP contribution in [0.5, 0.6) is 6.01 Å². The lowest BCUT2D eigenvalue weighted by Crippen LogP contribution is -2.36. The molecule has 0 bridgehead atoms. The largest absolute Gasteiger partial charge is 0.463 e. The lowest BCUT2D eigenvalue weighted by Gasteiger charge is -2.28. The number of anilines is 2. The predicted octanol–water partition coefficient (Wildman–Crippen LogP) is 3.51. The van der Waals surface area contributed by atoms with Crippen LogP contribution < -0.4 is 15.1 Å². The minimum Gasteiger partial charge on any atom is -0.463 e. The van der Waals surface area contributed by atoms with Crippen LogP contribution in [0.15, 0.2) is 54.0 Å². The van der Waals surface area contributed by atoms with Crippen molar-refractivity contribution in [2.75, 3.05) is 43.2 Å². The maximum absolute atomic E-state index is 5.83. The number of ether oxygens (including phenoxy) is 2. The van der Waals surface area contributed by atoms with Crippen molar-refractivity contribution in [3.05, 3.63) is 65.7 Å². The molecule has 1 saturated heterocycles. The summed E-state index contributed by atoms with van der Waals surface area (Å²) in [5.74, 6) is 1.35. The molecule has 0 amide bonds. The van der Waals surface area contributed by atoms with E-state index in [2.05, 4.69) is 54.4 Å². The number of aryl methyl sites for hydroxylation is 1. The number of hydrazone groups is 1. The first-order valence-electron chi connectivity index (χ1n) is 11.2. The third-order valence-corrected chi connectivity index (χ3v) is 4.69. The Labute approximate surface area is 194 Å². The number of nitrogens with zero attached hydrogens (tertiary/aromatic N) is 6. The van der Waals surface area contributed by atoms with E-state index >= 15 is 0 Å². The van der Waals surface area contributed by atoms with Crippen LogP contribution in [0.2, 0.25) is 0 Å². The van der Waals surface area contributed by atoms with Gasteiger partial charge in [0.25, 0.3) is 0 Å². The van der Waals surface area contributed by atoms with Crippen LogP contribution >= 0.6 is 0 Å². The fourth-order valence-corrected chi connectivity index (χ4v) is 3.13. The highest BCUT2D eigenvalue weighted by Gasteiger charge is 2.15. The molecule has 1 fully saturated rings. The molecule has 3 heterocycles. The SMILES string of the molecule is CC.Cc1cccc(/C=N/Nc2cc(N3CCOCC3)nc(OCCc3ccncn3)n2)c1. The molecule has 0 spiro atoms. The summed E-state index contributed by atoms with van der Waals surface area (Å²) in [5, 5.41) is 4.33. The normalized spacial score (nSPS) is 13.4. The third-order valence-electron chi connectivity index (χ3n) is 4.69. The third kappa shape index (κ3) is 7.80. The Kier molecular flexibility index (Phi) is 9.53. The van der Waals surface area contributed by atoms with Crippen molar-refractivity contribution in [1.82, 2.24) is 19.9 Å². The monoisotopic (exact) mass is 449 g/mol. The number of benzene rings is 1. The molecule has 1 N–H and O–H groups in total. The first-order chi connectivity index (χ1) is 16.3. The lowest BCUT2D eigenvalue weighted by atomic mass is 10.2. The van der Waals surface area contributed by atoms with Gasteiger partial charge in [-0.1, -0.05) is 43.7 Å². The van der Waals surface area contributed by atoms with Crippen LogP contribution in [-0.4, -0.2) is 59.1 Å². The number of aromatic nitrogens is 4. The van der Waals surface area contributed by atoms with Gasteiger partial charge in [0, 0.05) is 37.5 Å². The first-order valence-corrected chi connectivity index (χ1v) is 11.2. The van der Waals surface area contributed by atoms with Crippen molar-refractivity contribution in [3.8, 4) is 6.01 Å². The molecule has 174 valence electrons. The van der Waals surface area contributed by atoms with Crippen molar-refractivity contribution in [1.29, 1.82) is 0 Å². The second-order valence-electron chi connectivity index (χ2n) is 7.08. The molecule has 0 atom stereocenters. The Balaban J connectivity index is 0.00000149. The number of rotatable bonds is 8. The summed E-state index contributed by atoms with van der Waals surface area (Å²) in [7, 11) is 0. The molecule has 0 unspecified atom stereocenters. The Bertz CT molecular complexity index is 1010. The van der Waals surface area contributed by atoms with E-state index in [0.717, 1.165) is 30.2 Å². The summed E-state index contributed by atoms with van der Waals surface area (Å²) in [5.41, 5.74) is 6.09. The molecule has 0 saturated carbocycles. The van der Waals surface area contributed by atoms with Crippen molar-refractivity contribution in [3.63, 3.8) is 0 Å². The van der Waals surface area contributed by atoms with E-state index in [0.29, 0.717) is 38.1 Å². The van der Waals surface area contributed by atoms with E-state index in [1.807, 2.05) is 38.1 Å². The summed E-state index contributed by atoms with van der Waals surface area (Å²) in [6, 6.07) is 12.1. The van der Waals surface area contributed by atoms with E-state index in [-0.39, 0.29) is 0 Å². The van der Waals surface area contributed by atoms with Gasteiger partial charge in [-0.2, -0.15) is 15.1 Å². The Morgan fingerprint density at radius 1 is 1.15 bits per heavy atom. The second kappa shape index (κ2) is 13.1. The van der Waals surface area contributed by atoms with E-state index in [1.54, 1.807) is 12.4 Å². The maximum Gasteiger partial charge on any atom is 0.320 e. The second-order valence-corrected chi connectivity index (χ2v) is 7.08. The number of morpholine rings is 1. The highest BCUT2D eigenvalue weighted by molar-refractivity contribution is 5.80. The fourth-order valence-electron chi connectivity index (χ4n) is 3.13. The molecule has 9 heteroatoms. The van der Waals surface area contributed by atoms with Gasteiger partial charge in [-0.3, -0.25) is 5.43 Å². The Hall–Kier alpha value is -3.59. The van der Waals surface area contributed by atoms with E-state index < -0.39 is 0 Å². The smallest absolute Gasteiger partial charge is 0.320 e. The van der Waals surface area contributed by atoms with Gasteiger partial charge in [-0.05, 0) is 18.6 Å². The summed E-state index contributed by atoms with van der Waals surface area (Å²) in [6.45, 7) is 9.33.